The molecule has 2 aromatic carbocycles. The van der Waals surface area contributed by atoms with Crippen molar-refractivity contribution in [2.24, 2.45) is 0 Å². The van der Waals surface area contributed by atoms with Crippen molar-refractivity contribution in [1.29, 1.82) is 0 Å². The second-order valence-corrected chi connectivity index (χ2v) is 6.66. The van der Waals surface area contributed by atoms with Crippen molar-refractivity contribution in [1.82, 2.24) is 4.90 Å². The number of fused-ring (bicyclic) bond motifs is 1. The lowest BCUT2D eigenvalue weighted by molar-refractivity contribution is -0.131. The van der Waals surface area contributed by atoms with Crippen molar-refractivity contribution >= 4 is 17.5 Å². The zero-order chi connectivity index (χ0) is 18.0. The number of nitrogens with zero attached hydrogens (tertiary/aromatic N) is 1. The molecule has 0 aliphatic carbocycles. The van der Waals surface area contributed by atoms with Gasteiger partial charge in [-0.05, 0) is 66.8 Å². The fraction of sp³-hybridized carbons (Fsp3) is 0.333. The van der Waals surface area contributed by atoms with Crippen molar-refractivity contribution in [3.63, 3.8) is 0 Å². The first-order valence-electron chi connectivity index (χ1n) is 8.76. The van der Waals surface area contributed by atoms with Gasteiger partial charge in [0, 0.05) is 30.8 Å². The van der Waals surface area contributed by atoms with Crippen molar-refractivity contribution < 1.29 is 9.59 Å². The Balaban J connectivity index is 1.77. The zero-order valence-electron chi connectivity index (χ0n) is 15.1. The standard InChI is InChI=1S/C21H24N2O2/c1-4-20(24)23-10-9-16-7-8-19(12-18(16)13-23)22-21(25)17-6-5-14(2)15(3)11-17/h5-8,11-12H,4,9-10,13H2,1-3H3,(H,22,25). The van der Waals surface area contributed by atoms with Crippen LogP contribution in [0.15, 0.2) is 36.4 Å². The lowest BCUT2D eigenvalue weighted by Crippen LogP contribution is -2.35. The fourth-order valence-corrected chi connectivity index (χ4v) is 3.16. The number of hydrogen-bond acceptors (Lipinski definition) is 2. The first-order valence-corrected chi connectivity index (χ1v) is 8.76. The van der Waals surface area contributed by atoms with Crippen LogP contribution in [0.4, 0.5) is 5.69 Å². The van der Waals surface area contributed by atoms with Gasteiger partial charge in [0.05, 0.1) is 0 Å². The highest BCUT2D eigenvalue weighted by atomic mass is 16.2. The maximum absolute atomic E-state index is 12.5. The highest BCUT2D eigenvalue weighted by Gasteiger charge is 2.20. The van der Waals surface area contributed by atoms with E-state index in [1.165, 1.54) is 11.1 Å². The fourth-order valence-electron chi connectivity index (χ4n) is 3.16. The average molecular weight is 336 g/mol. The van der Waals surface area contributed by atoms with E-state index < -0.39 is 0 Å². The van der Waals surface area contributed by atoms with Gasteiger partial charge in [-0.15, -0.1) is 0 Å². The summed E-state index contributed by atoms with van der Waals surface area (Å²) in [7, 11) is 0. The molecule has 1 aliphatic rings. The Bertz CT molecular complexity index is 827. The van der Waals surface area contributed by atoms with Gasteiger partial charge in [0.2, 0.25) is 5.91 Å². The van der Waals surface area contributed by atoms with Crippen LogP contribution in [0, 0.1) is 13.8 Å². The van der Waals surface area contributed by atoms with Crippen LogP contribution in [0.3, 0.4) is 0 Å². The van der Waals surface area contributed by atoms with Gasteiger partial charge >= 0.3 is 0 Å². The maximum Gasteiger partial charge on any atom is 0.255 e. The first kappa shape index (κ1) is 17.2. The van der Waals surface area contributed by atoms with Crippen LogP contribution in [0.2, 0.25) is 0 Å². The molecule has 4 nitrogen and oxygen atoms in total. The molecule has 2 aromatic rings. The summed E-state index contributed by atoms with van der Waals surface area (Å²) in [6.45, 7) is 7.32. The SMILES string of the molecule is CCC(=O)N1CCc2ccc(NC(=O)c3ccc(C)c(C)c3)cc2C1. The van der Waals surface area contributed by atoms with Gasteiger partial charge in [-0.25, -0.2) is 0 Å². The summed E-state index contributed by atoms with van der Waals surface area (Å²) in [5, 5.41) is 2.97. The Hall–Kier alpha value is -2.62. The number of amides is 2. The van der Waals surface area contributed by atoms with Crippen LogP contribution in [0.25, 0.3) is 0 Å². The Morgan fingerprint density at radius 2 is 1.84 bits per heavy atom. The summed E-state index contributed by atoms with van der Waals surface area (Å²) >= 11 is 0. The van der Waals surface area contributed by atoms with E-state index in [1.807, 2.05) is 56.0 Å². The van der Waals surface area contributed by atoms with E-state index in [1.54, 1.807) is 0 Å². The van der Waals surface area contributed by atoms with Gasteiger partial charge in [-0.1, -0.05) is 19.1 Å². The Labute approximate surface area is 148 Å². The molecule has 1 heterocycles. The number of carbonyl (C=O) groups is 2. The first-order chi connectivity index (χ1) is 12.0. The van der Waals surface area contributed by atoms with Crippen molar-refractivity contribution in [2.75, 3.05) is 11.9 Å². The number of carbonyl (C=O) groups excluding carboxylic acids is 2. The molecule has 0 spiro atoms. The van der Waals surface area contributed by atoms with E-state index in [0.717, 1.165) is 29.8 Å². The second-order valence-electron chi connectivity index (χ2n) is 6.66. The van der Waals surface area contributed by atoms with Crippen LogP contribution in [0.5, 0.6) is 0 Å². The largest absolute Gasteiger partial charge is 0.338 e. The lowest BCUT2D eigenvalue weighted by atomic mass is 9.98. The summed E-state index contributed by atoms with van der Waals surface area (Å²) in [4.78, 5) is 26.3. The number of benzene rings is 2. The summed E-state index contributed by atoms with van der Waals surface area (Å²) in [5.74, 6) is 0.0653. The molecular weight excluding hydrogens is 312 g/mol. The highest BCUT2D eigenvalue weighted by Crippen LogP contribution is 2.23. The number of rotatable bonds is 3. The summed E-state index contributed by atoms with van der Waals surface area (Å²) in [6.07, 6.45) is 1.39. The topological polar surface area (TPSA) is 49.4 Å². The van der Waals surface area contributed by atoms with E-state index in [4.69, 9.17) is 0 Å². The van der Waals surface area contributed by atoms with E-state index >= 15 is 0 Å². The van der Waals surface area contributed by atoms with Crippen LogP contribution in [0.1, 0.15) is 46.0 Å². The Morgan fingerprint density at radius 3 is 2.56 bits per heavy atom. The zero-order valence-corrected chi connectivity index (χ0v) is 15.1. The van der Waals surface area contributed by atoms with Crippen LogP contribution in [-0.4, -0.2) is 23.3 Å². The molecule has 0 unspecified atom stereocenters. The predicted octanol–water partition coefficient (Wildman–Crippen LogP) is 3.85. The van der Waals surface area contributed by atoms with Crippen molar-refractivity contribution in [3.8, 4) is 0 Å². The lowest BCUT2D eigenvalue weighted by Gasteiger charge is -2.29. The number of anilines is 1. The third kappa shape index (κ3) is 3.73. The molecule has 1 N–H and O–H groups in total. The third-order valence-corrected chi connectivity index (χ3v) is 4.90. The van der Waals surface area contributed by atoms with Gasteiger partial charge in [0.1, 0.15) is 0 Å². The smallest absolute Gasteiger partial charge is 0.255 e. The minimum absolute atomic E-state index is 0.111. The number of aryl methyl sites for hydroxylation is 2. The number of nitrogens with one attached hydrogen (secondary N) is 1. The summed E-state index contributed by atoms with van der Waals surface area (Å²) in [6, 6.07) is 11.7. The van der Waals surface area contributed by atoms with E-state index in [2.05, 4.69) is 11.4 Å². The molecule has 0 atom stereocenters. The van der Waals surface area contributed by atoms with Crippen molar-refractivity contribution in [3.05, 3.63) is 64.2 Å². The quantitative estimate of drug-likeness (QED) is 0.925. The third-order valence-electron chi connectivity index (χ3n) is 4.90. The average Bonchev–Trinajstić information content (AvgIpc) is 2.62. The minimum Gasteiger partial charge on any atom is -0.338 e. The van der Waals surface area contributed by atoms with Crippen LogP contribution < -0.4 is 5.32 Å². The monoisotopic (exact) mass is 336 g/mol. The Morgan fingerprint density at radius 1 is 1.04 bits per heavy atom. The van der Waals surface area contributed by atoms with E-state index in [0.29, 0.717) is 18.5 Å². The molecule has 1 aliphatic heterocycles. The second kappa shape index (κ2) is 7.09. The molecule has 3 rings (SSSR count). The summed E-state index contributed by atoms with van der Waals surface area (Å²) in [5.41, 5.74) is 6.07. The Kier molecular flexibility index (Phi) is 4.88. The molecule has 0 saturated heterocycles. The van der Waals surface area contributed by atoms with Crippen LogP contribution in [-0.2, 0) is 17.8 Å². The normalized spacial score (nSPS) is 13.3. The van der Waals surface area contributed by atoms with E-state index in [9.17, 15) is 9.59 Å². The molecule has 0 aromatic heterocycles. The molecule has 0 saturated carbocycles. The predicted molar refractivity (Wildman–Crippen MR) is 99.7 cm³/mol. The van der Waals surface area contributed by atoms with Crippen molar-refractivity contribution in [2.45, 2.75) is 40.2 Å². The molecule has 0 bridgehead atoms. The van der Waals surface area contributed by atoms with Gasteiger partial charge < -0.3 is 10.2 Å². The maximum atomic E-state index is 12.5. The van der Waals surface area contributed by atoms with Gasteiger partial charge in [0.15, 0.2) is 0 Å². The molecule has 2 amide bonds. The minimum atomic E-state index is -0.111. The van der Waals surface area contributed by atoms with Gasteiger partial charge in [-0.3, -0.25) is 9.59 Å². The molecule has 25 heavy (non-hydrogen) atoms. The van der Waals surface area contributed by atoms with Gasteiger partial charge in [0.25, 0.3) is 5.91 Å². The molecule has 130 valence electrons. The molecular formula is C21H24N2O2. The number of hydrogen-bond donors (Lipinski definition) is 1. The highest BCUT2D eigenvalue weighted by molar-refractivity contribution is 6.04. The van der Waals surface area contributed by atoms with Crippen LogP contribution >= 0.6 is 0 Å². The van der Waals surface area contributed by atoms with E-state index in [-0.39, 0.29) is 11.8 Å². The molecule has 4 heteroatoms. The molecule has 0 radical (unpaired) electrons. The molecule has 0 fully saturated rings. The van der Waals surface area contributed by atoms with Gasteiger partial charge in [-0.2, -0.15) is 0 Å². The summed E-state index contributed by atoms with van der Waals surface area (Å²) < 4.78 is 0.